The van der Waals surface area contributed by atoms with Crippen molar-refractivity contribution >= 4 is 44.4 Å². The average molecular weight is 604 g/mol. The summed E-state index contributed by atoms with van der Waals surface area (Å²) in [6.45, 7) is 0. The molecule has 0 fully saturated rings. The zero-order valence-corrected chi connectivity index (χ0v) is 25.5. The van der Waals surface area contributed by atoms with E-state index in [9.17, 15) is 0 Å². The second-order valence-electron chi connectivity index (χ2n) is 11.9. The summed E-state index contributed by atoms with van der Waals surface area (Å²) in [4.78, 5) is 10.3. The SMILES string of the molecule is c1ccc(C2=NC(c3cccc4oc5cc(-c6ccc(-c7ccccc7)cc6)ccc5c34)=NC(c3ccc4ccccc4c3)N2)cc1. The van der Waals surface area contributed by atoms with Crippen LogP contribution in [0.3, 0.4) is 0 Å². The van der Waals surface area contributed by atoms with E-state index in [0.717, 1.165) is 55.6 Å². The summed E-state index contributed by atoms with van der Waals surface area (Å²) in [6.07, 6.45) is -0.304. The van der Waals surface area contributed by atoms with Crippen LogP contribution in [-0.4, -0.2) is 11.7 Å². The summed E-state index contributed by atoms with van der Waals surface area (Å²) in [7, 11) is 0. The number of furan rings is 1. The predicted molar refractivity (Wildman–Crippen MR) is 194 cm³/mol. The Kier molecular flexibility index (Phi) is 6.50. The Hall–Kier alpha value is -6.26. The highest BCUT2D eigenvalue weighted by atomic mass is 16.3. The Morgan fingerprint density at radius 3 is 1.94 bits per heavy atom. The van der Waals surface area contributed by atoms with Crippen molar-refractivity contribution in [3.8, 4) is 22.3 Å². The molecule has 0 saturated carbocycles. The molecule has 8 aromatic rings. The summed E-state index contributed by atoms with van der Waals surface area (Å²) in [6, 6.07) is 57.0. The van der Waals surface area contributed by atoms with E-state index >= 15 is 0 Å². The maximum absolute atomic E-state index is 6.49. The van der Waals surface area contributed by atoms with Gasteiger partial charge in [-0.25, -0.2) is 9.98 Å². The molecule has 47 heavy (non-hydrogen) atoms. The first-order valence-electron chi connectivity index (χ1n) is 15.9. The molecule has 1 unspecified atom stereocenters. The fourth-order valence-corrected chi connectivity index (χ4v) is 6.54. The van der Waals surface area contributed by atoms with Gasteiger partial charge in [-0.2, -0.15) is 0 Å². The molecule has 1 aromatic heterocycles. The van der Waals surface area contributed by atoms with Gasteiger partial charge >= 0.3 is 0 Å². The van der Waals surface area contributed by atoms with Gasteiger partial charge in [-0.1, -0.05) is 140 Å². The molecule has 0 bridgehead atoms. The van der Waals surface area contributed by atoms with Crippen molar-refractivity contribution in [2.24, 2.45) is 9.98 Å². The molecule has 1 aliphatic heterocycles. The van der Waals surface area contributed by atoms with Gasteiger partial charge in [0, 0.05) is 21.9 Å². The van der Waals surface area contributed by atoms with E-state index in [1.54, 1.807) is 0 Å². The quantitative estimate of drug-likeness (QED) is 0.213. The third-order valence-electron chi connectivity index (χ3n) is 8.94. The molecule has 7 aromatic carbocycles. The Morgan fingerprint density at radius 2 is 1.15 bits per heavy atom. The van der Waals surface area contributed by atoms with E-state index in [4.69, 9.17) is 14.4 Å². The molecular formula is C43H29N3O. The average Bonchev–Trinajstić information content (AvgIpc) is 3.53. The lowest BCUT2D eigenvalue weighted by atomic mass is 9.98. The lowest BCUT2D eigenvalue weighted by Gasteiger charge is -2.24. The molecule has 0 saturated heterocycles. The van der Waals surface area contributed by atoms with Crippen LogP contribution < -0.4 is 5.32 Å². The van der Waals surface area contributed by atoms with E-state index in [0.29, 0.717) is 5.84 Å². The second-order valence-corrected chi connectivity index (χ2v) is 11.9. The van der Waals surface area contributed by atoms with Gasteiger partial charge in [0.15, 0.2) is 5.84 Å². The van der Waals surface area contributed by atoms with Gasteiger partial charge in [0.25, 0.3) is 0 Å². The Morgan fingerprint density at radius 1 is 0.489 bits per heavy atom. The second kappa shape index (κ2) is 11.3. The standard InChI is InChI=1S/C43H29N3O/c1-3-10-28(11-4-1)30-18-20-31(21-19-30)34-24-25-36-39(27-34)47-38-17-9-16-37(40(36)38)43-45-41(32-13-5-2-6-14-32)44-42(46-43)35-23-22-29-12-7-8-15-33(29)26-35/h1-27,42H,(H,44,45,46). The van der Waals surface area contributed by atoms with Gasteiger partial charge < -0.3 is 9.73 Å². The highest BCUT2D eigenvalue weighted by Crippen LogP contribution is 2.36. The molecule has 2 heterocycles. The van der Waals surface area contributed by atoms with Crippen LogP contribution in [0.15, 0.2) is 178 Å². The van der Waals surface area contributed by atoms with Crippen molar-refractivity contribution in [3.63, 3.8) is 0 Å². The van der Waals surface area contributed by atoms with Gasteiger partial charge in [0.05, 0.1) is 0 Å². The van der Waals surface area contributed by atoms with Crippen molar-refractivity contribution in [1.82, 2.24) is 5.32 Å². The van der Waals surface area contributed by atoms with Gasteiger partial charge in [-0.05, 0) is 62.9 Å². The number of benzene rings is 7. The van der Waals surface area contributed by atoms with Crippen LogP contribution in [0.25, 0.3) is 55.0 Å². The van der Waals surface area contributed by atoms with Crippen LogP contribution in [0.2, 0.25) is 0 Å². The first kappa shape index (κ1) is 27.1. The number of hydrogen-bond acceptors (Lipinski definition) is 4. The summed E-state index contributed by atoms with van der Waals surface area (Å²) < 4.78 is 6.49. The first-order valence-corrected chi connectivity index (χ1v) is 15.9. The van der Waals surface area contributed by atoms with Crippen molar-refractivity contribution in [2.45, 2.75) is 6.17 Å². The fraction of sp³-hybridized carbons (Fsp3) is 0.0233. The fourth-order valence-electron chi connectivity index (χ4n) is 6.54. The third-order valence-corrected chi connectivity index (χ3v) is 8.94. The van der Waals surface area contributed by atoms with Crippen LogP contribution in [0.1, 0.15) is 22.9 Å². The molecule has 0 radical (unpaired) electrons. The number of fused-ring (bicyclic) bond motifs is 4. The van der Waals surface area contributed by atoms with Crippen molar-refractivity contribution in [1.29, 1.82) is 0 Å². The monoisotopic (exact) mass is 603 g/mol. The van der Waals surface area contributed by atoms with Crippen molar-refractivity contribution < 1.29 is 4.42 Å². The Balaban J connectivity index is 1.14. The van der Waals surface area contributed by atoms with Crippen LogP contribution in [0, 0.1) is 0 Å². The number of amidine groups is 2. The highest BCUT2D eigenvalue weighted by Gasteiger charge is 2.24. The van der Waals surface area contributed by atoms with E-state index in [-0.39, 0.29) is 6.17 Å². The zero-order chi connectivity index (χ0) is 31.2. The van der Waals surface area contributed by atoms with E-state index in [2.05, 4.69) is 133 Å². The van der Waals surface area contributed by atoms with Crippen molar-refractivity contribution in [2.75, 3.05) is 0 Å². The lowest BCUT2D eigenvalue weighted by Crippen LogP contribution is -2.33. The third kappa shape index (κ3) is 4.97. The van der Waals surface area contributed by atoms with E-state index in [1.807, 2.05) is 36.4 Å². The van der Waals surface area contributed by atoms with Gasteiger partial charge in [0.2, 0.25) is 0 Å². The van der Waals surface area contributed by atoms with E-state index < -0.39 is 0 Å². The van der Waals surface area contributed by atoms with Crippen LogP contribution in [0.4, 0.5) is 0 Å². The topological polar surface area (TPSA) is 49.9 Å². The zero-order valence-electron chi connectivity index (χ0n) is 25.5. The molecule has 1 atom stereocenters. The summed E-state index contributed by atoms with van der Waals surface area (Å²) in [5, 5.41) is 8.05. The van der Waals surface area contributed by atoms with E-state index in [1.165, 1.54) is 21.9 Å². The normalized spacial score (nSPS) is 14.6. The summed E-state index contributed by atoms with van der Waals surface area (Å²) in [5.74, 6) is 1.47. The van der Waals surface area contributed by atoms with Gasteiger partial charge in [-0.3, -0.25) is 0 Å². The van der Waals surface area contributed by atoms with Crippen molar-refractivity contribution in [3.05, 3.63) is 180 Å². The molecular weight excluding hydrogens is 574 g/mol. The molecule has 1 aliphatic rings. The Labute approximate surface area is 272 Å². The molecule has 0 amide bonds. The molecule has 0 spiro atoms. The molecule has 1 N–H and O–H groups in total. The molecule has 4 heteroatoms. The number of nitrogens with one attached hydrogen (secondary N) is 1. The minimum Gasteiger partial charge on any atom is -0.456 e. The summed E-state index contributed by atoms with van der Waals surface area (Å²) in [5.41, 5.74) is 9.35. The first-order chi connectivity index (χ1) is 23.3. The van der Waals surface area contributed by atoms with Crippen LogP contribution in [-0.2, 0) is 0 Å². The smallest absolute Gasteiger partial charge is 0.160 e. The number of rotatable bonds is 5. The largest absolute Gasteiger partial charge is 0.456 e. The van der Waals surface area contributed by atoms with Crippen LogP contribution >= 0.6 is 0 Å². The summed E-state index contributed by atoms with van der Waals surface area (Å²) >= 11 is 0. The minimum atomic E-state index is -0.304. The number of aliphatic imine (C=N–C) groups is 2. The molecule has 9 rings (SSSR count). The Bertz CT molecular complexity index is 2480. The number of hydrogen-bond donors (Lipinski definition) is 1. The maximum Gasteiger partial charge on any atom is 0.160 e. The highest BCUT2D eigenvalue weighted by molar-refractivity contribution is 6.22. The van der Waals surface area contributed by atoms with Gasteiger partial charge in [0.1, 0.15) is 23.2 Å². The molecule has 222 valence electrons. The number of nitrogens with zero attached hydrogens (tertiary/aromatic N) is 2. The molecule has 4 nitrogen and oxygen atoms in total. The van der Waals surface area contributed by atoms with Crippen LogP contribution in [0.5, 0.6) is 0 Å². The predicted octanol–water partition coefficient (Wildman–Crippen LogP) is 10.6. The molecule has 0 aliphatic carbocycles. The minimum absolute atomic E-state index is 0.304. The van der Waals surface area contributed by atoms with Gasteiger partial charge in [-0.15, -0.1) is 0 Å². The maximum atomic E-state index is 6.49. The lowest BCUT2D eigenvalue weighted by molar-refractivity contribution is 0.668.